The predicted molar refractivity (Wildman–Crippen MR) is 54.5 cm³/mol. The molecule has 0 atom stereocenters. The fraction of sp³-hybridized carbons (Fsp3) is 0.818. The minimum Gasteiger partial charge on any atom is -0.460 e. The molecule has 0 radical (unpaired) electrons. The minimum absolute atomic E-state index is 0.144. The lowest BCUT2D eigenvalue weighted by Crippen LogP contribution is -2.23. The highest BCUT2D eigenvalue weighted by molar-refractivity contribution is 5.69. The number of hydrogen-bond donors (Lipinski definition) is 0. The Balaban J connectivity index is 3.42. The Morgan fingerprint density at radius 2 is 1.93 bits per heavy atom. The zero-order valence-electron chi connectivity index (χ0n) is 9.30. The molecule has 80 valence electrons. The van der Waals surface area contributed by atoms with E-state index in [-0.39, 0.29) is 11.6 Å². The van der Waals surface area contributed by atoms with E-state index < -0.39 is 0 Å². The van der Waals surface area contributed by atoms with Crippen LogP contribution in [0.25, 0.3) is 0 Å². The van der Waals surface area contributed by atoms with Crippen LogP contribution in [0, 0.1) is 11.3 Å². The van der Waals surface area contributed by atoms with Gasteiger partial charge in [0, 0.05) is 12.8 Å². The summed E-state index contributed by atoms with van der Waals surface area (Å²) in [5.74, 6) is -0.144. The molecule has 0 amide bonds. The standard InChI is InChI=1S/C11H19NO2/c1-11(2,3)14-10(13)8-6-4-5-7-9-12/h4-8H2,1-3H3. The van der Waals surface area contributed by atoms with E-state index in [1.54, 1.807) is 0 Å². The fourth-order valence-corrected chi connectivity index (χ4v) is 1.04. The van der Waals surface area contributed by atoms with Crippen LogP contribution in [-0.4, -0.2) is 11.6 Å². The minimum atomic E-state index is -0.385. The first-order valence-corrected chi connectivity index (χ1v) is 5.04. The highest BCUT2D eigenvalue weighted by Gasteiger charge is 2.15. The molecule has 3 heteroatoms. The molecular weight excluding hydrogens is 178 g/mol. The summed E-state index contributed by atoms with van der Waals surface area (Å²) < 4.78 is 5.14. The van der Waals surface area contributed by atoms with Crippen molar-refractivity contribution in [1.82, 2.24) is 0 Å². The Bertz CT molecular complexity index is 210. The molecule has 0 bridgehead atoms. The lowest BCUT2D eigenvalue weighted by Gasteiger charge is -2.19. The summed E-state index contributed by atoms with van der Waals surface area (Å²) in [5, 5.41) is 8.29. The number of rotatable bonds is 5. The van der Waals surface area contributed by atoms with Gasteiger partial charge in [0.25, 0.3) is 0 Å². The Kier molecular flexibility index (Phi) is 5.94. The number of hydrogen-bond acceptors (Lipinski definition) is 3. The van der Waals surface area contributed by atoms with E-state index in [9.17, 15) is 4.79 Å². The maximum absolute atomic E-state index is 11.2. The van der Waals surface area contributed by atoms with E-state index in [0.717, 1.165) is 19.3 Å². The molecule has 0 saturated heterocycles. The number of carbonyl (C=O) groups excluding carboxylic acids is 1. The number of ether oxygens (including phenoxy) is 1. The molecule has 3 nitrogen and oxygen atoms in total. The third-order valence-corrected chi connectivity index (χ3v) is 1.59. The van der Waals surface area contributed by atoms with Gasteiger partial charge < -0.3 is 4.74 Å². The summed E-state index contributed by atoms with van der Waals surface area (Å²) in [7, 11) is 0. The quantitative estimate of drug-likeness (QED) is 0.503. The molecule has 0 saturated carbocycles. The Labute approximate surface area is 86.1 Å². The van der Waals surface area contributed by atoms with Gasteiger partial charge in [-0.1, -0.05) is 6.42 Å². The van der Waals surface area contributed by atoms with Crippen molar-refractivity contribution < 1.29 is 9.53 Å². The topological polar surface area (TPSA) is 50.1 Å². The van der Waals surface area contributed by atoms with Crippen LogP contribution in [0.4, 0.5) is 0 Å². The Morgan fingerprint density at radius 1 is 1.29 bits per heavy atom. The van der Waals surface area contributed by atoms with Crippen LogP contribution in [0.2, 0.25) is 0 Å². The Morgan fingerprint density at radius 3 is 2.43 bits per heavy atom. The summed E-state index contributed by atoms with van der Waals surface area (Å²) in [6.07, 6.45) is 3.65. The van der Waals surface area contributed by atoms with Crippen LogP contribution in [-0.2, 0) is 9.53 Å². The van der Waals surface area contributed by atoms with Crippen LogP contribution in [0.5, 0.6) is 0 Å². The number of nitrogens with zero attached hydrogens (tertiary/aromatic N) is 1. The van der Waals surface area contributed by atoms with Gasteiger partial charge in [0.15, 0.2) is 0 Å². The molecule has 0 aliphatic carbocycles. The van der Waals surface area contributed by atoms with Crippen molar-refractivity contribution in [3.63, 3.8) is 0 Å². The summed E-state index contributed by atoms with van der Waals surface area (Å²) in [6, 6.07) is 2.08. The molecule has 0 aromatic carbocycles. The number of carbonyl (C=O) groups is 1. The number of nitriles is 1. The van der Waals surface area contributed by atoms with Crippen molar-refractivity contribution in [3.8, 4) is 6.07 Å². The predicted octanol–water partition coefficient (Wildman–Crippen LogP) is 2.80. The zero-order chi connectivity index (χ0) is 11.0. The van der Waals surface area contributed by atoms with E-state index in [1.165, 1.54) is 0 Å². The first kappa shape index (κ1) is 13.0. The van der Waals surface area contributed by atoms with Crippen molar-refractivity contribution in [1.29, 1.82) is 5.26 Å². The Hall–Kier alpha value is -1.04. The molecule has 0 aliphatic heterocycles. The van der Waals surface area contributed by atoms with E-state index >= 15 is 0 Å². The zero-order valence-corrected chi connectivity index (χ0v) is 9.30. The van der Waals surface area contributed by atoms with Crippen LogP contribution >= 0.6 is 0 Å². The molecule has 0 fully saturated rings. The molecule has 0 aromatic heterocycles. The van der Waals surface area contributed by atoms with Gasteiger partial charge in [-0.2, -0.15) is 5.26 Å². The van der Waals surface area contributed by atoms with E-state index in [2.05, 4.69) is 6.07 Å². The monoisotopic (exact) mass is 197 g/mol. The van der Waals surface area contributed by atoms with Gasteiger partial charge in [-0.05, 0) is 33.6 Å². The van der Waals surface area contributed by atoms with Crippen molar-refractivity contribution in [2.75, 3.05) is 0 Å². The van der Waals surface area contributed by atoms with Crippen molar-refractivity contribution in [2.24, 2.45) is 0 Å². The molecule has 0 rings (SSSR count). The summed E-state index contributed by atoms with van der Waals surface area (Å²) in [5.41, 5.74) is -0.385. The molecule has 0 N–H and O–H groups in total. The van der Waals surface area contributed by atoms with Gasteiger partial charge in [0.2, 0.25) is 0 Å². The average molecular weight is 197 g/mol. The van der Waals surface area contributed by atoms with Crippen molar-refractivity contribution in [3.05, 3.63) is 0 Å². The normalized spacial score (nSPS) is 10.7. The molecule has 0 spiro atoms. The maximum atomic E-state index is 11.2. The molecule has 14 heavy (non-hydrogen) atoms. The van der Waals surface area contributed by atoms with Crippen molar-refractivity contribution in [2.45, 2.75) is 58.5 Å². The first-order chi connectivity index (χ1) is 6.45. The largest absolute Gasteiger partial charge is 0.460 e. The SMILES string of the molecule is CC(C)(C)OC(=O)CCCCCC#N. The van der Waals surface area contributed by atoms with Crippen LogP contribution in [0.15, 0.2) is 0 Å². The highest BCUT2D eigenvalue weighted by Crippen LogP contribution is 2.10. The molecule has 0 aromatic rings. The van der Waals surface area contributed by atoms with Gasteiger partial charge in [-0.3, -0.25) is 4.79 Å². The summed E-state index contributed by atoms with van der Waals surface area (Å²) in [4.78, 5) is 11.2. The molecule has 0 aliphatic rings. The second kappa shape index (κ2) is 6.42. The van der Waals surface area contributed by atoms with E-state index in [1.807, 2.05) is 20.8 Å². The summed E-state index contributed by atoms with van der Waals surface area (Å²) in [6.45, 7) is 5.59. The van der Waals surface area contributed by atoms with Gasteiger partial charge in [-0.25, -0.2) is 0 Å². The number of unbranched alkanes of at least 4 members (excludes halogenated alkanes) is 3. The molecule has 0 heterocycles. The third-order valence-electron chi connectivity index (χ3n) is 1.59. The molecular formula is C11H19NO2. The first-order valence-electron chi connectivity index (χ1n) is 5.04. The lowest BCUT2D eigenvalue weighted by atomic mass is 10.1. The second-order valence-electron chi connectivity index (χ2n) is 4.31. The van der Waals surface area contributed by atoms with Crippen molar-refractivity contribution >= 4 is 5.97 Å². The summed E-state index contributed by atoms with van der Waals surface area (Å²) >= 11 is 0. The maximum Gasteiger partial charge on any atom is 0.306 e. The average Bonchev–Trinajstić information content (AvgIpc) is 2.00. The van der Waals surface area contributed by atoms with Gasteiger partial charge >= 0.3 is 5.97 Å². The van der Waals surface area contributed by atoms with Crippen LogP contribution in [0.1, 0.15) is 52.9 Å². The smallest absolute Gasteiger partial charge is 0.306 e. The fourth-order valence-electron chi connectivity index (χ4n) is 1.04. The van der Waals surface area contributed by atoms with Crippen LogP contribution in [0.3, 0.4) is 0 Å². The lowest BCUT2D eigenvalue weighted by molar-refractivity contribution is -0.154. The highest BCUT2D eigenvalue weighted by atomic mass is 16.6. The van der Waals surface area contributed by atoms with Gasteiger partial charge in [-0.15, -0.1) is 0 Å². The van der Waals surface area contributed by atoms with Gasteiger partial charge in [0.1, 0.15) is 5.60 Å². The third kappa shape index (κ3) is 9.05. The molecule has 0 unspecified atom stereocenters. The number of esters is 1. The second-order valence-corrected chi connectivity index (χ2v) is 4.31. The van der Waals surface area contributed by atoms with E-state index in [4.69, 9.17) is 10.00 Å². The van der Waals surface area contributed by atoms with E-state index in [0.29, 0.717) is 12.8 Å². The van der Waals surface area contributed by atoms with Crippen LogP contribution < -0.4 is 0 Å². The van der Waals surface area contributed by atoms with Gasteiger partial charge in [0.05, 0.1) is 6.07 Å².